The molecule has 156 valence electrons. The Morgan fingerprint density at radius 2 is 1.87 bits per heavy atom. The normalized spacial score (nSPS) is 16.3. The van der Waals surface area contributed by atoms with E-state index in [0.29, 0.717) is 11.8 Å². The van der Waals surface area contributed by atoms with E-state index in [1.54, 1.807) is 6.33 Å². The van der Waals surface area contributed by atoms with Crippen LogP contribution < -0.4 is 0 Å². The van der Waals surface area contributed by atoms with Gasteiger partial charge in [0.2, 0.25) is 0 Å². The molecule has 0 amide bonds. The number of aromatic nitrogens is 4. The van der Waals surface area contributed by atoms with Crippen molar-refractivity contribution in [3.63, 3.8) is 0 Å². The molecule has 5 nitrogen and oxygen atoms in total. The number of hydrogen-bond donors (Lipinski definition) is 1. The van der Waals surface area contributed by atoms with E-state index in [-0.39, 0.29) is 0 Å². The van der Waals surface area contributed by atoms with E-state index in [1.165, 1.54) is 70.3 Å². The molecule has 1 aliphatic rings. The Hall–Kier alpha value is -2.66. The van der Waals surface area contributed by atoms with Crippen molar-refractivity contribution >= 4 is 16.6 Å². The number of benzene rings is 1. The molecule has 0 atom stereocenters. The Bertz CT molecular complexity index is 1220. The zero-order chi connectivity index (χ0) is 21.0. The number of aromatic amines is 1. The van der Waals surface area contributed by atoms with E-state index < -0.39 is 0 Å². The summed E-state index contributed by atoms with van der Waals surface area (Å²) in [6, 6.07) is 7.08. The second-order valence-electron chi connectivity index (χ2n) is 9.27. The van der Waals surface area contributed by atoms with Crippen molar-refractivity contribution in [3.8, 4) is 11.3 Å². The Kier molecular flexibility index (Phi) is 4.66. The standard InChI is InChI=1S/C25H31N5/c1-15(2)23-20-12-19(18-8-10-29(5)11-9-18)6-7-22(20)28-24(23)21-13-30-25(26-14-27-30)17(4)16(21)3/h6-7,12-15,18,28H,8-11H2,1-5H3. The molecule has 0 spiro atoms. The van der Waals surface area contributed by atoms with Crippen LogP contribution in [0.3, 0.4) is 0 Å². The summed E-state index contributed by atoms with van der Waals surface area (Å²) in [4.78, 5) is 10.6. The van der Waals surface area contributed by atoms with Gasteiger partial charge in [0.25, 0.3) is 0 Å². The van der Waals surface area contributed by atoms with E-state index in [2.05, 4.69) is 79.1 Å². The summed E-state index contributed by atoms with van der Waals surface area (Å²) >= 11 is 0. The number of pyridine rings is 1. The van der Waals surface area contributed by atoms with Crippen LogP contribution in [0.1, 0.15) is 60.8 Å². The molecule has 1 fully saturated rings. The maximum atomic E-state index is 4.42. The lowest BCUT2D eigenvalue weighted by atomic mass is 9.87. The molecule has 4 aromatic rings. The summed E-state index contributed by atoms with van der Waals surface area (Å²) in [5.74, 6) is 1.09. The zero-order valence-electron chi connectivity index (χ0n) is 18.7. The first-order valence-corrected chi connectivity index (χ1v) is 11.1. The highest BCUT2D eigenvalue weighted by Crippen LogP contribution is 2.39. The highest BCUT2D eigenvalue weighted by atomic mass is 15.3. The highest BCUT2D eigenvalue weighted by Gasteiger charge is 2.23. The summed E-state index contributed by atoms with van der Waals surface area (Å²) < 4.78 is 1.90. The summed E-state index contributed by atoms with van der Waals surface area (Å²) in [5, 5.41) is 5.77. The smallest absolute Gasteiger partial charge is 0.158 e. The fourth-order valence-corrected chi connectivity index (χ4v) is 5.09. The van der Waals surface area contributed by atoms with Gasteiger partial charge in [-0.3, -0.25) is 0 Å². The number of nitrogens with zero attached hydrogens (tertiary/aromatic N) is 4. The molecule has 0 saturated carbocycles. The Morgan fingerprint density at radius 1 is 1.10 bits per heavy atom. The first-order chi connectivity index (χ1) is 14.4. The lowest BCUT2D eigenvalue weighted by Gasteiger charge is -2.29. The van der Waals surface area contributed by atoms with E-state index >= 15 is 0 Å². The molecule has 5 rings (SSSR count). The Labute approximate surface area is 178 Å². The number of hydrogen-bond acceptors (Lipinski definition) is 3. The molecule has 1 aliphatic heterocycles. The lowest BCUT2D eigenvalue weighted by molar-refractivity contribution is 0.255. The van der Waals surface area contributed by atoms with E-state index in [0.717, 1.165) is 5.65 Å². The van der Waals surface area contributed by atoms with Crippen LogP contribution in [0.5, 0.6) is 0 Å². The van der Waals surface area contributed by atoms with Gasteiger partial charge in [-0.05, 0) is 93.0 Å². The SMILES string of the molecule is Cc1c(-c2[nH]c3ccc(C4CCN(C)CC4)cc3c2C(C)C)cn2ncnc2c1C. The highest BCUT2D eigenvalue weighted by molar-refractivity contribution is 5.92. The summed E-state index contributed by atoms with van der Waals surface area (Å²) in [7, 11) is 2.23. The summed E-state index contributed by atoms with van der Waals surface area (Å²) in [6.07, 6.45) is 6.25. The van der Waals surface area contributed by atoms with Crippen molar-refractivity contribution < 1.29 is 0 Å². The van der Waals surface area contributed by atoms with Crippen LogP contribution in [0.2, 0.25) is 0 Å². The fourth-order valence-electron chi connectivity index (χ4n) is 5.09. The van der Waals surface area contributed by atoms with Crippen molar-refractivity contribution in [1.82, 2.24) is 24.5 Å². The summed E-state index contributed by atoms with van der Waals surface area (Å²) in [6.45, 7) is 11.3. The van der Waals surface area contributed by atoms with Gasteiger partial charge >= 0.3 is 0 Å². The molecule has 0 radical (unpaired) electrons. The predicted octanol–water partition coefficient (Wildman–Crippen LogP) is 5.43. The van der Waals surface area contributed by atoms with Gasteiger partial charge in [0.15, 0.2) is 5.65 Å². The number of likely N-dealkylation sites (tertiary alicyclic amines) is 1. The van der Waals surface area contributed by atoms with Crippen LogP contribution in [0.4, 0.5) is 0 Å². The predicted molar refractivity (Wildman–Crippen MR) is 123 cm³/mol. The molecule has 4 heterocycles. The first kappa shape index (κ1) is 19.3. The number of fused-ring (bicyclic) bond motifs is 2. The van der Waals surface area contributed by atoms with Gasteiger partial charge in [0.05, 0.1) is 5.69 Å². The fraction of sp³-hybridized carbons (Fsp3) is 0.440. The van der Waals surface area contributed by atoms with Crippen LogP contribution in [-0.2, 0) is 0 Å². The average molecular weight is 402 g/mol. The minimum Gasteiger partial charge on any atom is -0.354 e. The first-order valence-electron chi connectivity index (χ1n) is 11.1. The molecule has 1 N–H and O–H groups in total. The molecule has 30 heavy (non-hydrogen) atoms. The maximum absolute atomic E-state index is 4.42. The summed E-state index contributed by atoms with van der Waals surface area (Å²) in [5.41, 5.74) is 9.93. The van der Waals surface area contributed by atoms with Crippen molar-refractivity contribution in [2.24, 2.45) is 0 Å². The van der Waals surface area contributed by atoms with Crippen LogP contribution in [0, 0.1) is 13.8 Å². The number of nitrogens with one attached hydrogen (secondary N) is 1. The van der Waals surface area contributed by atoms with Crippen LogP contribution in [0.15, 0.2) is 30.7 Å². The second-order valence-corrected chi connectivity index (χ2v) is 9.27. The molecule has 3 aromatic heterocycles. The molecular weight excluding hydrogens is 370 g/mol. The maximum Gasteiger partial charge on any atom is 0.158 e. The topological polar surface area (TPSA) is 49.2 Å². The number of piperidine rings is 1. The van der Waals surface area contributed by atoms with Crippen LogP contribution >= 0.6 is 0 Å². The third-order valence-corrected chi connectivity index (χ3v) is 7.03. The minimum absolute atomic E-state index is 0.424. The molecule has 0 bridgehead atoms. The van der Waals surface area contributed by atoms with Crippen molar-refractivity contribution in [2.75, 3.05) is 20.1 Å². The Morgan fingerprint density at radius 3 is 2.60 bits per heavy atom. The van der Waals surface area contributed by atoms with Crippen molar-refractivity contribution in [2.45, 2.75) is 52.4 Å². The number of rotatable bonds is 3. The second kappa shape index (κ2) is 7.24. The van der Waals surface area contributed by atoms with Gasteiger partial charge in [-0.2, -0.15) is 5.10 Å². The minimum atomic E-state index is 0.424. The molecule has 0 aliphatic carbocycles. The van der Waals surface area contributed by atoms with E-state index in [1.807, 2.05) is 4.52 Å². The molecule has 1 aromatic carbocycles. The third-order valence-electron chi connectivity index (χ3n) is 7.03. The molecule has 0 unspecified atom stereocenters. The van der Waals surface area contributed by atoms with Gasteiger partial charge < -0.3 is 9.88 Å². The van der Waals surface area contributed by atoms with Crippen LogP contribution in [0.25, 0.3) is 27.8 Å². The van der Waals surface area contributed by atoms with E-state index in [4.69, 9.17) is 0 Å². The average Bonchev–Trinajstić information content (AvgIpc) is 3.35. The van der Waals surface area contributed by atoms with Crippen LogP contribution in [-0.4, -0.2) is 44.6 Å². The monoisotopic (exact) mass is 401 g/mol. The van der Waals surface area contributed by atoms with Gasteiger partial charge in [0, 0.05) is 22.7 Å². The van der Waals surface area contributed by atoms with Gasteiger partial charge in [-0.1, -0.05) is 19.9 Å². The largest absolute Gasteiger partial charge is 0.354 e. The van der Waals surface area contributed by atoms with Crippen molar-refractivity contribution in [1.29, 1.82) is 0 Å². The third kappa shape index (κ3) is 3.03. The Balaban J connectivity index is 1.68. The van der Waals surface area contributed by atoms with Gasteiger partial charge in [-0.25, -0.2) is 9.50 Å². The number of aryl methyl sites for hydroxylation is 1. The quantitative estimate of drug-likeness (QED) is 0.498. The number of H-pyrrole nitrogens is 1. The molecule has 1 saturated heterocycles. The molecule has 5 heteroatoms. The van der Waals surface area contributed by atoms with Gasteiger partial charge in [0.1, 0.15) is 6.33 Å². The zero-order valence-corrected chi connectivity index (χ0v) is 18.7. The van der Waals surface area contributed by atoms with Gasteiger partial charge in [-0.15, -0.1) is 0 Å². The van der Waals surface area contributed by atoms with E-state index in [9.17, 15) is 0 Å². The lowest BCUT2D eigenvalue weighted by Crippen LogP contribution is -2.29. The van der Waals surface area contributed by atoms with Crippen molar-refractivity contribution in [3.05, 3.63) is 53.0 Å². The molecular formula is C25H31N5.